The molecule has 24 heavy (non-hydrogen) atoms. The molecule has 122 valence electrons. The molecular weight excluding hydrogens is 308 g/mol. The van der Waals surface area contributed by atoms with Crippen LogP contribution in [0, 0.1) is 0 Å². The number of rotatable bonds is 5. The Kier molecular flexibility index (Phi) is 5.91. The van der Waals surface area contributed by atoms with Crippen molar-refractivity contribution in [2.24, 2.45) is 0 Å². The van der Waals surface area contributed by atoms with Crippen LogP contribution in [0.25, 0.3) is 11.1 Å². The summed E-state index contributed by atoms with van der Waals surface area (Å²) in [4.78, 5) is 29.9. The van der Waals surface area contributed by atoms with Crippen molar-refractivity contribution in [3.8, 4) is 0 Å². The smallest absolute Gasteiger partial charge is 0.295 e. The molecule has 0 aromatic heterocycles. The van der Waals surface area contributed by atoms with Gasteiger partial charge in [0, 0.05) is 36.4 Å². The molecule has 2 aliphatic rings. The number of nitrogens with one attached hydrogen (secondary N) is 2. The van der Waals surface area contributed by atoms with E-state index in [1.807, 2.05) is 0 Å². The Balaban J connectivity index is 1.72. The predicted molar refractivity (Wildman–Crippen MR) is 87.0 cm³/mol. The van der Waals surface area contributed by atoms with Crippen molar-refractivity contribution in [1.82, 2.24) is 10.6 Å². The normalized spacial score (nSPS) is 15.8. The average Bonchev–Trinajstić information content (AvgIpc) is 2.65. The molecule has 0 fully saturated rings. The molecule has 2 rings (SSSR count). The van der Waals surface area contributed by atoms with Crippen LogP contribution in [0.3, 0.4) is 0 Å². The van der Waals surface area contributed by atoms with Gasteiger partial charge in [-0.15, -0.1) is 0 Å². The maximum atomic E-state index is 11.9. The van der Waals surface area contributed by atoms with Crippen LogP contribution in [0.5, 0.6) is 0 Å². The molecule has 8 heteroatoms. The molecule has 0 saturated carbocycles. The van der Waals surface area contributed by atoms with Crippen LogP contribution in [0.2, 0.25) is 0 Å². The fourth-order valence-electron chi connectivity index (χ4n) is 2.11. The zero-order valence-corrected chi connectivity index (χ0v) is 12.9. The molecule has 0 aromatic rings. The molecule has 0 heterocycles. The predicted octanol–water partition coefficient (Wildman–Crippen LogP) is 0.333. The van der Waals surface area contributed by atoms with Gasteiger partial charge in [0.1, 0.15) is 0 Å². The number of allylic oxidation sites excluding steroid dienone is 4. The Morgan fingerprint density at radius 1 is 0.833 bits per heavy atom. The molecule has 0 atom stereocenters. The molecule has 0 aromatic carbocycles. The van der Waals surface area contributed by atoms with E-state index in [9.17, 15) is 9.59 Å². The summed E-state index contributed by atoms with van der Waals surface area (Å²) in [5.41, 5.74) is 19.2. The van der Waals surface area contributed by atoms with Gasteiger partial charge in [0.05, 0.1) is 12.8 Å². The third-order valence-corrected chi connectivity index (χ3v) is 3.45. The van der Waals surface area contributed by atoms with Crippen LogP contribution in [0.15, 0.2) is 47.6 Å². The first kappa shape index (κ1) is 17.0. The van der Waals surface area contributed by atoms with E-state index in [1.54, 1.807) is 36.5 Å². The molecule has 0 aliphatic heterocycles. The summed E-state index contributed by atoms with van der Waals surface area (Å²) >= 11 is 0. The van der Waals surface area contributed by atoms with Gasteiger partial charge >= 0.3 is 0 Å². The lowest BCUT2D eigenvalue weighted by Crippen LogP contribution is -2.35. The lowest BCUT2D eigenvalue weighted by Gasteiger charge is -2.09. The molecule has 0 saturated heterocycles. The van der Waals surface area contributed by atoms with Crippen LogP contribution in [0.1, 0.15) is 12.8 Å². The Morgan fingerprint density at radius 2 is 1.25 bits per heavy atom. The Labute approximate surface area is 138 Å². The third kappa shape index (κ3) is 4.58. The second-order valence-corrected chi connectivity index (χ2v) is 5.09. The highest BCUT2D eigenvalue weighted by atomic mass is 16.2. The number of nitrogens with zero attached hydrogens (tertiary/aromatic N) is 4. The zero-order chi connectivity index (χ0) is 17.4. The van der Waals surface area contributed by atoms with Crippen molar-refractivity contribution in [2.75, 3.05) is 13.1 Å². The van der Waals surface area contributed by atoms with E-state index in [1.165, 1.54) is 0 Å². The minimum absolute atomic E-state index is 0.252. The van der Waals surface area contributed by atoms with Gasteiger partial charge < -0.3 is 21.7 Å². The zero-order valence-electron chi connectivity index (χ0n) is 12.9. The van der Waals surface area contributed by atoms with Crippen molar-refractivity contribution in [2.45, 2.75) is 12.8 Å². The average molecular weight is 324 g/mol. The number of carbonyl (C=O) groups is 2. The van der Waals surface area contributed by atoms with E-state index in [0.29, 0.717) is 35.4 Å². The van der Waals surface area contributed by atoms with Crippen molar-refractivity contribution >= 4 is 23.2 Å². The van der Waals surface area contributed by atoms with E-state index >= 15 is 0 Å². The van der Waals surface area contributed by atoms with Crippen LogP contribution in [-0.2, 0) is 9.59 Å². The summed E-state index contributed by atoms with van der Waals surface area (Å²) < 4.78 is 0. The molecule has 0 radical (unpaired) electrons. The Bertz CT molecular complexity index is 708. The number of amides is 2. The third-order valence-electron chi connectivity index (χ3n) is 3.45. The lowest BCUT2D eigenvalue weighted by molar-refractivity contribution is -0.119. The highest BCUT2D eigenvalue weighted by Crippen LogP contribution is 2.08. The molecule has 0 unspecified atom stereocenters. The van der Waals surface area contributed by atoms with E-state index < -0.39 is 0 Å². The Morgan fingerprint density at radius 3 is 1.54 bits per heavy atom. The summed E-state index contributed by atoms with van der Waals surface area (Å²) in [7, 11) is 0. The first-order valence-electron chi connectivity index (χ1n) is 7.38. The second-order valence-electron chi connectivity index (χ2n) is 5.09. The van der Waals surface area contributed by atoms with Crippen LogP contribution < -0.4 is 10.6 Å². The summed E-state index contributed by atoms with van der Waals surface area (Å²) in [5.74, 6) is -0.504. The van der Waals surface area contributed by atoms with Gasteiger partial charge in [0.2, 0.25) is 0 Å². The molecular formula is C16H16N6O2. The van der Waals surface area contributed by atoms with Crippen LogP contribution >= 0.6 is 0 Å². The van der Waals surface area contributed by atoms with E-state index in [0.717, 1.165) is 0 Å². The number of hydrogen-bond acceptors (Lipinski definition) is 2. The summed E-state index contributed by atoms with van der Waals surface area (Å²) in [6.07, 6.45) is 10.4. The second kappa shape index (κ2) is 8.33. The number of carbonyl (C=O) groups excluding carboxylic acids is 2. The highest BCUT2D eigenvalue weighted by molar-refractivity contribution is 6.03. The van der Waals surface area contributed by atoms with Gasteiger partial charge in [-0.1, -0.05) is 12.2 Å². The van der Waals surface area contributed by atoms with Gasteiger partial charge in [0.15, 0.2) is 0 Å². The Hall–Kier alpha value is -3.34. The minimum Gasteiger partial charge on any atom is -0.361 e. The quantitative estimate of drug-likeness (QED) is 0.429. The van der Waals surface area contributed by atoms with Crippen molar-refractivity contribution in [1.29, 1.82) is 0 Å². The van der Waals surface area contributed by atoms with Crippen molar-refractivity contribution < 1.29 is 19.2 Å². The molecule has 8 nitrogen and oxygen atoms in total. The molecule has 0 spiro atoms. The van der Waals surface area contributed by atoms with Crippen LogP contribution in [-0.4, -0.2) is 45.9 Å². The summed E-state index contributed by atoms with van der Waals surface area (Å²) in [6.45, 7) is 0.577. The lowest BCUT2D eigenvalue weighted by atomic mass is 10.1. The van der Waals surface area contributed by atoms with Gasteiger partial charge in [-0.05, 0) is 12.2 Å². The van der Waals surface area contributed by atoms with E-state index in [4.69, 9.17) is 11.1 Å². The largest absolute Gasteiger partial charge is 0.361 e. The maximum absolute atomic E-state index is 11.9. The standard InChI is InChI=1S/C16H16N6O2/c17-21-13-5-1-11(2-6-13)15(23)19-9-10-20-16(24)12-3-7-14(22-18)8-4-12/h1-5,7H,6,8-10H2,(H,19,23)(H,20,24). The molecule has 0 bridgehead atoms. The SMILES string of the molecule is [N-]=[N+]=C1C=CC(C(=O)NCCNC(=O)C2=CCC(=[N+]=[N-])C=C2)=CC1. The van der Waals surface area contributed by atoms with Gasteiger partial charge in [-0.25, -0.2) is 0 Å². The van der Waals surface area contributed by atoms with E-state index in [2.05, 4.69) is 20.2 Å². The van der Waals surface area contributed by atoms with Crippen LogP contribution in [0.4, 0.5) is 0 Å². The number of hydrogen-bond donors (Lipinski definition) is 2. The fraction of sp³-hybridized carbons (Fsp3) is 0.250. The monoisotopic (exact) mass is 324 g/mol. The molecule has 2 aliphatic carbocycles. The van der Waals surface area contributed by atoms with E-state index in [-0.39, 0.29) is 24.9 Å². The molecule has 2 N–H and O–H groups in total. The highest BCUT2D eigenvalue weighted by Gasteiger charge is 2.15. The van der Waals surface area contributed by atoms with Crippen molar-refractivity contribution in [3.05, 3.63) is 58.7 Å². The van der Waals surface area contributed by atoms with Gasteiger partial charge in [-0.2, -0.15) is 9.58 Å². The first-order valence-corrected chi connectivity index (χ1v) is 7.38. The maximum Gasteiger partial charge on any atom is 0.295 e. The topological polar surface area (TPSA) is 131 Å². The minimum atomic E-state index is -0.252. The first-order chi connectivity index (χ1) is 11.6. The van der Waals surface area contributed by atoms with Crippen molar-refractivity contribution in [3.63, 3.8) is 0 Å². The molecule has 2 amide bonds. The van der Waals surface area contributed by atoms with Gasteiger partial charge in [-0.3, -0.25) is 9.59 Å². The summed E-state index contributed by atoms with van der Waals surface area (Å²) in [5, 5.41) is 5.39. The summed E-state index contributed by atoms with van der Waals surface area (Å²) in [6, 6.07) is 0. The fourth-order valence-corrected chi connectivity index (χ4v) is 2.11. The van der Waals surface area contributed by atoms with Gasteiger partial charge in [0.25, 0.3) is 23.2 Å².